The molecule has 6 nitrogen and oxygen atoms in total. The quantitative estimate of drug-likeness (QED) is 0.362. The molecule has 0 radical (unpaired) electrons. The minimum atomic E-state index is -0.0790. The zero-order chi connectivity index (χ0) is 21.8. The molecule has 1 aromatic heterocycles. The molecule has 7 heteroatoms. The molecule has 0 aliphatic carbocycles. The fraction of sp³-hybridized carbons (Fsp3) is 0.200. The number of nitrogens with one attached hydrogen (secondary N) is 1. The van der Waals surface area contributed by atoms with Crippen LogP contribution in [0, 0.1) is 0 Å². The summed E-state index contributed by atoms with van der Waals surface area (Å²) in [4.78, 5) is 8.79. The fourth-order valence-electron chi connectivity index (χ4n) is 3.59. The Hall–Kier alpha value is -3.35. The van der Waals surface area contributed by atoms with E-state index in [1.807, 2.05) is 54.6 Å². The minimum Gasteiger partial charge on any atom is -0.486 e. The second kappa shape index (κ2) is 9.42. The largest absolute Gasteiger partial charge is 0.486 e. The standard InChI is InChI=1S/C25H22ClN3O3/c26-18-7-4-8-19(11-18)29-25-21-12-24-23(13-22(21)27-16-28-25)31-15-20(32-24)9-10-30-14-17-5-2-1-3-6-17/h1-8,11-13,16,20H,9-10,14-15H2,(H,27,28,29). The Labute approximate surface area is 191 Å². The molecule has 0 saturated heterocycles. The molecule has 1 aliphatic rings. The Balaban J connectivity index is 1.28. The van der Waals surface area contributed by atoms with Crippen molar-refractivity contribution in [2.24, 2.45) is 0 Å². The van der Waals surface area contributed by atoms with Gasteiger partial charge in [0.1, 0.15) is 24.9 Å². The van der Waals surface area contributed by atoms with Crippen molar-refractivity contribution in [3.63, 3.8) is 0 Å². The summed E-state index contributed by atoms with van der Waals surface area (Å²) in [5, 5.41) is 4.81. The molecule has 4 aromatic rings. The van der Waals surface area contributed by atoms with Gasteiger partial charge in [-0.1, -0.05) is 48.0 Å². The lowest BCUT2D eigenvalue weighted by Gasteiger charge is -2.27. The van der Waals surface area contributed by atoms with Gasteiger partial charge in [-0.3, -0.25) is 0 Å². The van der Waals surface area contributed by atoms with Gasteiger partial charge >= 0.3 is 0 Å². The van der Waals surface area contributed by atoms with E-state index in [4.69, 9.17) is 25.8 Å². The van der Waals surface area contributed by atoms with Crippen LogP contribution < -0.4 is 14.8 Å². The number of benzene rings is 3. The van der Waals surface area contributed by atoms with Gasteiger partial charge in [-0.05, 0) is 29.8 Å². The predicted octanol–water partition coefficient (Wildman–Crippen LogP) is 5.77. The van der Waals surface area contributed by atoms with E-state index in [1.165, 1.54) is 6.33 Å². The molecular formula is C25H22ClN3O3. The number of ether oxygens (including phenoxy) is 3. The molecule has 5 rings (SSSR count). The molecular weight excluding hydrogens is 426 g/mol. The second-order valence-corrected chi connectivity index (χ2v) is 7.99. The average Bonchev–Trinajstić information content (AvgIpc) is 2.82. The van der Waals surface area contributed by atoms with E-state index >= 15 is 0 Å². The van der Waals surface area contributed by atoms with E-state index in [9.17, 15) is 0 Å². The minimum absolute atomic E-state index is 0.0790. The molecule has 1 atom stereocenters. The van der Waals surface area contributed by atoms with E-state index in [2.05, 4.69) is 27.4 Å². The van der Waals surface area contributed by atoms with Crippen LogP contribution in [0.1, 0.15) is 12.0 Å². The molecule has 1 aliphatic heterocycles. The van der Waals surface area contributed by atoms with Crippen LogP contribution in [0.15, 0.2) is 73.1 Å². The average molecular weight is 448 g/mol. The maximum Gasteiger partial charge on any atom is 0.163 e. The van der Waals surface area contributed by atoms with E-state index in [0.717, 1.165) is 28.6 Å². The highest BCUT2D eigenvalue weighted by atomic mass is 35.5. The number of anilines is 2. The normalized spacial score (nSPS) is 15.0. The van der Waals surface area contributed by atoms with Crippen LogP contribution in [0.5, 0.6) is 11.5 Å². The summed E-state index contributed by atoms with van der Waals surface area (Å²) in [6, 6.07) is 21.4. The molecule has 1 unspecified atom stereocenters. The number of nitrogens with zero attached hydrogens (tertiary/aromatic N) is 2. The highest BCUT2D eigenvalue weighted by Gasteiger charge is 2.22. The van der Waals surface area contributed by atoms with Crippen LogP contribution >= 0.6 is 11.6 Å². The molecule has 0 amide bonds. The van der Waals surface area contributed by atoms with Crippen molar-refractivity contribution in [1.29, 1.82) is 0 Å². The maximum atomic E-state index is 6.21. The zero-order valence-corrected chi connectivity index (χ0v) is 18.1. The van der Waals surface area contributed by atoms with Crippen molar-refractivity contribution in [3.05, 3.63) is 83.6 Å². The van der Waals surface area contributed by atoms with Crippen LogP contribution in [-0.4, -0.2) is 29.3 Å². The molecule has 0 fully saturated rings. The smallest absolute Gasteiger partial charge is 0.163 e. The number of halogens is 1. The van der Waals surface area contributed by atoms with E-state index < -0.39 is 0 Å². The Morgan fingerprint density at radius 2 is 1.91 bits per heavy atom. The van der Waals surface area contributed by atoms with E-state index in [-0.39, 0.29) is 6.10 Å². The lowest BCUT2D eigenvalue weighted by Crippen LogP contribution is -2.30. The summed E-state index contributed by atoms with van der Waals surface area (Å²) in [6.45, 7) is 1.66. The van der Waals surface area contributed by atoms with Gasteiger partial charge < -0.3 is 19.5 Å². The van der Waals surface area contributed by atoms with Gasteiger partial charge in [0.05, 0.1) is 18.7 Å². The third-order valence-corrected chi connectivity index (χ3v) is 5.44. The van der Waals surface area contributed by atoms with Gasteiger partial charge in [0, 0.05) is 28.6 Å². The Morgan fingerprint density at radius 3 is 2.78 bits per heavy atom. The number of hydrogen-bond donors (Lipinski definition) is 1. The van der Waals surface area contributed by atoms with Crippen LogP contribution in [0.2, 0.25) is 5.02 Å². The van der Waals surface area contributed by atoms with Gasteiger partial charge in [-0.2, -0.15) is 0 Å². The van der Waals surface area contributed by atoms with Crippen LogP contribution in [0.4, 0.5) is 11.5 Å². The monoisotopic (exact) mass is 447 g/mol. The lowest BCUT2D eigenvalue weighted by molar-refractivity contribution is 0.0443. The number of hydrogen-bond acceptors (Lipinski definition) is 6. The Morgan fingerprint density at radius 1 is 1.00 bits per heavy atom. The lowest BCUT2D eigenvalue weighted by atomic mass is 10.1. The molecule has 0 bridgehead atoms. The van der Waals surface area contributed by atoms with Crippen molar-refractivity contribution in [1.82, 2.24) is 9.97 Å². The van der Waals surface area contributed by atoms with Crippen molar-refractivity contribution in [2.75, 3.05) is 18.5 Å². The molecule has 0 saturated carbocycles. The van der Waals surface area contributed by atoms with Crippen LogP contribution in [-0.2, 0) is 11.3 Å². The van der Waals surface area contributed by atoms with Gasteiger partial charge in [-0.25, -0.2) is 9.97 Å². The zero-order valence-electron chi connectivity index (χ0n) is 17.3. The van der Waals surface area contributed by atoms with Crippen molar-refractivity contribution in [3.8, 4) is 11.5 Å². The van der Waals surface area contributed by atoms with Crippen LogP contribution in [0.25, 0.3) is 10.9 Å². The van der Waals surface area contributed by atoms with Gasteiger partial charge in [0.15, 0.2) is 11.5 Å². The van der Waals surface area contributed by atoms with Gasteiger partial charge in [0.2, 0.25) is 0 Å². The van der Waals surface area contributed by atoms with Gasteiger partial charge in [0.25, 0.3) is 0 Å². The van der Waals surface area contributed by atoms with Crippen molar-refractivity contribution in [2.45, 2.75) is 19.1 Å². The highest BCUT2D eigenvalue weighted by Crippen LogP contribution is 2.38. The summed E-state index contributed by atoms with van der Waals surface area (Å²) in [5.41, 5.74) is 2.78. The number of aromatic nitrogens is 2. The summed E-state index contributed by atoms with van der Waals surface area (Å²) in [5.74, 6) is 2.05. The molecule has 32 heavy (non-hydrogen) atoms. The molecule has 162 valence electrons. The predicted molar refractivity (Wildman–Crippen MR) is 125 cm³/mol. The summed E-state index contributed by atoms with van der Waals surface area (Å²) in [6.07, 6.45) is 2.19. The first-order valence-corrected chi connectivity index (χ1v) is 10.8. The molecule has 1 N–H and O–H groups in total. The summed E-state index contributed by atoms with van der Waals surface area (Å²) in [7, 11) is 0. The first-order chi connectivity index (χ1) is 15.7. The highest BCUT2D eigenvalue weighted by molar-refractivity contribution is 6.30. The fourth-order valence-corrected chi connectivity index (χ4v) is 3.78. The molecule has 0 spiro atoms. The molecule has 3 aromatic carbocycles. The Kier molecular flexibility index (Phi) is 6.05. The topological polar surface area (TPSA) is 65.5 Å². The summed E-state index contributed by atoms with van der Waals surface area (Å²) >= 11 is 6.11. The first-order valence-electron chi connectivity index (χ1n) is 10.5. The third-order valence-electron chi connectivity index (χ3n) is 5.20. The first kappa shape index (κ1) is 20.5. The third kappa shape index (κ3) is 4.77. The number of fused-ring (bicyclic) bond motifs is 2. The summed E-state index contributed by atoms with van der Waals surface area (Å²) < 4.78 is 18.0. The number of rotatable bonds is 7. The van der Waals surface area contributed by atoms with E-state index in [0.29, 0.717) is 42.2 Å². The van der Waals surface area contributed by atoms with Crippen molar-refractivity contribution >= 4 is 34.0 Å². The SMILES string of the molecule is Clc1cccc(Nc2ncnc3cc4c(cc23)OC(CCOCc2ccccc2)CO4)c1. The van der Waals surface area contributed by atoms with Crippen molar-refractivity contribution < 1.29 is 14.2 Å². The Bertz CT molecular complexity index is 1220. The van der Waals surface area contributed by atoms with Crippen LogP contribution in [0.3, 0.4) is 0 Å². The molecule has 2 heterocycles. The maximum absolute atomic E-state index is 6.21. The van der Waals surface area contributed by atoms with Gasteiger partial charge in [-0.15, -0.1) is 0 Å². The van der Waals surface area contributed by atoms with E-state index in [1.54, 1.807) is 0 Å². The second-order valence-electron chi connectivity index (χ2n) is 7.55.